The van der Waals surface area contributed by atoms with Gasteiger partial charge in [0.25, 0.3) is 0 Å². The molecule has 0 heterocycles. The van der Waals surface area contributed by atoms with Crippen LogP contribution in [0.4, 0.5) is 0 Å². The van der Waals surface area contributed by atoms with E-state index in [-0.39, 0.29) is 24.0 Å². The van der Waals surface area contributed by atoms with Gasteiger partial charge >= 0.3 is 0 Å². The number of guanidine groups is 1. The van der Waals surface area contributed by atoms with Crippen LogP contribution in [-0.4, -0.2) is 19.0 Å². The van der Waals surface area contributed by atoms with Crippen molar-refractivity contribution in [3.63, 3.8) is 0 Å². The maximum atomic E-state index is 6.05. The number of nitrogens with zero attached hydrogens (tertiary/aromatic N) is 1. The molecule has 1 aromatic carbocycles. The van der Waals surface area contributed by atoms with Crippen molar-refractivity contribution in [1.82, 2.24) is 5.32 Å². The van der Waals surface area contributed by atoms with Crippen molar-refractivity contribution < 1.29 is 0 Å². The van der Waals surface area contributed by atoms with Crippen LogP contribution in [-0.2, 0) is 6.42 Å². The van der Waals surface area contributed by atoms with Crippen LogP contribution in [0.5, 0.6) is 0 Å². The minimum Gasteiger partial charge on any atom is -0.370 e. The first kappa shape index (κ1) is 17.5. The Kier molecular flexibility index (Phi) is 10.2. The van der Waals surface area contributed by atoms with Crippen molar-refractivity contribution >= 4 is 41.5 Å². The summed E-state index contributed by atoms with van der Waals surface area (Å²) in [6, 6.07) is 7.84. The van der Waals surface area contributed by atoms with Crippen LogP contribution in [0.1, 0.15) is 25.3 Å². The summed E-state index contributed by atoms with van der Waals surface area (Å²) >= 11 is 6.05. The van der Waals surface area contributed by atoms with E-state index < -0.39 is 0 Å². The summed E-state index contributed by atoms with van der Waals surface area (Å²) in [6.45, 7) is 3.68. The highest BCUT2D eigenvalue weighted by Gasteiger charge is 1.98. The van der Waals surface area contributed by atoms with Gasteiger partial charge in [-0.1, -0.05) is 43.1 Å². The quantitative estimate of drug-likeness (QED) is 0.344. The summed E-state index contributed by atoms with van der Waals surface area (Å²) in [5.74, 6) is 0.519. The molecule has 0 aliphatic rings. The van der Waals surface area contributed by atoms with E-state index in [2.05, 4.69) is 17.2 Å². The van der Waals surface area contributed by atoms with Crippen molar-refractivity contribution in [2.75, 3.05) is 13.1 Å². The molecule has 0 aliphatic heterocycles. The van der Waals surface area contributed by atoms with E-state index in [9.17, 15) is 0 Å². The smallest absolute Gasteiger partial charge is 0.188 e. The topological polar surface area (TPSA) is 50.4 Å². The number of hydrogen-bond acceptors (Lipinski definition) is 1. The lowest BCUT2D eigenvalue weighted by molar-refractivity contribution is 0.791. The second-order valence-corrected chi connectivity index (χ2v) is 4.30. The minimum absolute atomic E-state index is 0. The molecule has 0 aliphatic carbocycles. The lowest BCUT2D eigenvalue weighted by Gasteiger charge is -2.06. The van der Waals surface area contributed by atoms with Gasteiger partial charge in [0.2, 0.25) is 0 Å². The van der Waals surface area contributed by atoms with E-state index in [1.54, 1.807) is 0 Å². The molecule has 1 aromatic rings. The predicted octanol–water partition coefficient (Wildman–Crippen LogP) is 3.20. The van der Waals surface area contributed by atoms with Gasteiger partial charge in [0, 0.05) is 18.1 Å². The average Bonchev–Trinajstić information content (AvgIpc) is 2.32. The predicted molar refractivity (Wildman–Crippen MR) is 90.0 cm³/mol. The fourth-order valence-corrected chi connectivity index (χ4v) is 1.67. The van der Waals surface area contributed by atoms with Gasteiger partial charge in [-0.15, -0.1) is 24.0 Å². The normalized spacial score (nSPS) is 10.9. The van der Waals surface area contributed by atoms with E-state index in [0.29, 0.717) is 5.96 Å². The van der Waals surface area contributed by atoms with Gasteiger partial charge in [0.1, 0.15) is 0 Å². The fraction of sp³-hybridized carbons (Fsp3) is 0.462. The molecule has 0 bridgehead atoms. The lowest BCUT2D eigenvalue weighted by atomic mass is 10.1. The number of nitrogens with one attached hydrogen (secondary N) is 1. The van der Waals surface area contributed by atoms with Gasteiger partial charge in [-0.05, 0) is 24.5 Å². The van der Waals surface area contributed by atoms with Gasteiger partial charge in [-0.3, -0.25) is 4.99 Å². The van der Waals surface area contributed by atoms with E-state index in [4.69, 9.17) is 17.3 Å². The second-order valence-electron chi connectivity index (χ2n) is 3.89. The summed E-state index contributed by atoms with van der Waals surface area (Å²) in [4.78, 5) is 4.22. The molecule has 18 heavy (non-hydrogen) atoms. The van der Waals surface area contributed by atoms with Crippen molar-refractivity contribution in [3.05, 3.63) is 34.9 Å². The zero-order valence-corrected chi connectivity index (χ0v) is 13.7. The van der Waals surface area contributed by atoms with Crippen molar-refractivity contribution in [2.45, 2.75) is 26.2 Å². The molecule has 5 heteroatoms. The van der Waals surface area contributed by atoms with Crippen LogP contribution in [0.25, 0.3) is 0 Å². The third-order valence-electron chi connectivity index (χ3n) is 2.45. The van der Waals surface area contributed by atoms with Gasteiger partial charge < -0.3 is 11.1 Å². The van der Waals surface area contributed by atoms with E-state index in [1.165, 1.54) is 0 Å². The molecule has 0 aromatic heterocycles. The van der Waals surface area contributed by atoms with Gasteiger partial charge in [-0.25, -0.2) is 0 Å². The van der Waals surface area contributed by atoms with Crippen molar-refractivity contribution in [3.8, 4) is 0 Å². The molecule has 0 fully saturated rings. The molecule has 0 spiro atoms. The van der Waals surface area contributed by atoms with Crippen LogP contribution >= 0.6 is 35.6 Å². The largest absolute Gasteiger partial charge is 0.370 e. The Morgan fingerprint density at radius 2 is 2.11 bits per heavy atom. The first-order valence-electron chi connectivity index (χ1n) is 6.01. The first-order valence-corrected chi connectivity index (χ1v) is 6.39. The highest BCUT2D eigenvalue weighted by Crippen LogP contribution is 2.14. The Bertz CT molecular complexity index is 369. The van der Waals surface area contributed by atoms with Crippen LogP contribution in [0.2, 0.25) is 5.02 Å². The summed E-state index contributed by atoms with van der Waals surface area (Å²) in [5.41, 5.74) is 6.85. The summed E-state index contributed by atoms with van der Waals surface area (Å²) in [7, 11) is 0. The number of unbranched alkanes of at least 4 members (excludes halogenated alkanes) is 1. The molecule has 3 nitrogen and oxygen atoms in total. The molecule has 1 rings (SSSR count). The van der Waals surface area contributed by atoms with E-state index in [0.717, 1.165) is 42.9 Å². The zero-order valence-electron chi connectivity index (χ0n) is 10.7. The molecule has 102 valence electrons. The van der Waals surface area contributed by atoms with E-state index in [1.807, 2.05) is 24.3 Å². The molecule has 0 atom stereocenters. The lowest BCUT2D eigenvalue weighted by Crippen LogP contribution is -2.33. The molecule has 0 radical (unpaired) electrons. The van der Waals surface area contributed by atoms with Gasteiger partial charge in [-0.2, -0.15) is 0 Å². The molecule has 0 unspecified atom stereocenters. The SMILES string of the molecule is CCCCN=C(N)NCCc1ccccc1Cl.I. The Morgan fingerprint density at radius 3 is 2.78 bits per heavy atom. The van der Waals surface area contributed by atoms with Crippen LogP contribution in [0.15, 0.2) is 29.3 Å². The Hall–Kier alpha value is -0.490. The summed E-state index contributed by atoms with van der Waals surface area (Å²) < 4.78 is 0. The number of nitrogens with two attached hydrogens (primary N) is 1. The number of aliphatic imine (C=N–C) groups is 1. The molecule has 0 saturated carbocycles. The van der Waals surface area contributed by atoms with Gasteiger partial charge in [0.05, 0.1) is 0 Å². The third kappa shape index (κ3) is 7.06. The second kappa shape index (κ2) is 10.4. The van der Waals surface area contributed by atoms with E-state index >= 15 is 0 Å². The Morgan fingerprint density at radius 1 is 1.39 bits per heavy atom. The molecular weight excluding hydrogens is 361 g/mol. The molecule has 0 amide bonds. The molecule has 3 N–H and O–H groups in total. The Labute approximate surface area is 131 Å². The maximum absolute atomic E-state index is 6.05. The first-order chi connectivity index (χ1) is 8.24. The highest BCUT2D eigenvalue weighted by atomic mass is 127. The summed E-state index contributed by atoms with van der Waals surface area (Å²) in [5, 5.41) is 3.89. The monoisotopic (exact) mass is 381 g/mol. The fourth-order valence-electron chi connectivity index (χ4n) is 1.44. The van der Waals surface area contributed by atoms with Crippen LogP contribution < -0.4 is 11.1 Å². The van der Waals surface area contributed by atoms with Crippen LogP contribution in [0, 0.1) is 0 Å². The third-order valence-corrected chi connectivity index (χ3v) is 2.82. The molecular formula is C13H21ClIN3. The van der Waals surface area contributed by atoms with Gasteiger partial charge in [0.15, 0.2) is 5.96 Å². The number of hydrogen-bond donors (Lipinski definition) is 2. The Balaban J connectivity index is 0.00000289. The average molecular weight is 382 g/mol. The van der Waals surface area contributed by atoms with Crippen LogP contribution in [0.3, 0.4) is 0 Å². The maximum Gasteiger partial charge on any atom is 0.188 e. The zero-order chi connectivity index (χ0) is 12.5. The summed E-state index contributed by atoms with van der Waals surface area (Å²) in [6.07, 6.45) is 3.06. The number of halogens is 2. The van der Waals surface area contributed by atoms with Crippen molar-refractivity contribution in [2.24, 2.45) is 10.7 Å². The van der Waals surface area contributed by atoms with Crippen molar-refractivity contribution in [1.29, 1.82) is 0 Å². The number of rotatable bonds is 6. The highest BCUT2D eigenvalue weighted by molar-refractivity contribution is 14.0. The number of benzene rings is 1. The standard InChI is InChI=1S/C13H20ClN3.HI/c1-2-3-9-16-13(15)17-10-8-11-6-4-5-7-12(11)14;/h4-7H,2-3,8-10H2,1H3,(H3,15,16,17);1H. The minimum atomic E-state index is 0. The molecule has 0 saturated heterocycles.